The molecule has 2 heterocycles. The van der Waals surface area contributed by atoms with Gasteiger partial charge in [0.1, 0.15) is 5.69 Å². The number of aromatic nitrogens is 2. The summed E-state index contributed by atoms with van der Waals surface area (Å²) in [5.41, 5.74) is -0.637. The molecular weight excluding hydrogens is 369 g/mol. The number of nitrogens with zero attached hydrogens (tertiary/aromatic N) is 3. The second-order valence-corrected chi connectivity index (χ2v) is 6.34. The van der Waals surface area contributed by atoms with Crippen molar-refractivity contribution in [2.45, 2.75) is 25.4 Å². The maximum Gasteiger partial charge on any atom is 0.416 e. The standard InChI is InChI=1S/C17H16ClF3N4O/c18-12-5-4-11(17(19,20)21)10-14(12)24-16-22-7-6-13(23-16)15(26)25-8-2-1-3-9-25/h4-7,10H,1-3,8-9H2,(H,22,23,24). The lowest BCUT2D eigenvalue weighted by Crippen LogP contribution is -2.36. The molecule has 138 valence electrons. The molecule has 1 fully saturated rings. The summed E-state index contributed by atoms with van der Waals surface area (Å²) in [7, 11) is 0. The van der Waals surface area contributed by atoms with Gasteiger partial charge in [-0.05, 0) is 43.5 Å². The number of hydrogen-bond acceptors (Lipinski definition) is 4. The van der Waals surface area contributed by atoms with Gasteiger partial charge in [-0.25, -0.2) is 9.97 Å². The van der Waals surface area contributed by atoms with Crippen molar-refractivity contribution >= 4 is 29.1 Å². The van der Waals surface area contributed by atoms with Crippen LogP contribution in [-0.4, -0.2) is 33.9 Å². The van der Waals surface area contributed by atoms with Gasteiger partial charge < -0.3 is 10.2 Å². The van der Waals surface area contributed by atoms with Gasteiger partial charge in [0, 0.05) is 19.3 Å². The largest absolute Gasteiger partial charge is 0.416 e. The van der Waals surface area contributed by atoms with Crippen molar-refractivity contribution in [3.8, 4) is 0 Å². The van der Waals surface area contributed by atoms with E-state index in [0.29, 0.717) is 13.1 Å². The number of amides is 1. The van der Waals surface area contributed by atoms with Crippen molar-refractivity contribution in [3.63, 3.8) is 0 Å². The van der Waals surface area contributed by atoms with Crippen LogP contribution in [0, 0.1) is 0 Å². The van der Waals surface area contributed by atoms with Gasteiger partial charge in [0.25, 0.3) is 5.91 Å². The van der Waals surface area contributed by atoms with Gasteiger partial charge >= 0.3 is 6.18 Å². The summed E-state index contributed by atoms with van der Waals surface area (Å²) >= 11 is 5.96. The Labute approximate surface area is 153 Å². The second-order valence-electron chi connectivity index (χ2n) is 5.94. The average Bonchev–Trinajstić information content (AvgIpc) is 2.63. The van der Waals surface area contributed by atoms with Gasteiger partial charge in [0.05, 0.1) is 16.3 Å². The van der Waals surface area contributed by atoms with Crippen LogP contribution >= 0.6 is 11.6 Å². The molecule has 5 nitrogen and oxygen atoms in total. The smallest absolute Gasteiger partial charge is 0.337 e. The molecule has 0 bridgehead atoms. The lowest BCUT2D eigenvalue weighted by molar-refractivity contribution is -0.137. The van der Waals surface area contributed by atoms with Gasteiger partial charge in [-0.15, -0.1) is 0 Å². The first kappa shape index (κ1) is 18.4. The quantitative estimate of drug-likeness (QED) is 0.845. The van der Waals surface area contributed by atoms with Crippen molar-refractivity contribution in [1.82, 2.24) is 14.9 Å². The zero-order valence-corrected chi connectivity index (χ0v) is 14.4. The first-order chi connectivity index (χ1) is 12.3. The summed E-state index contributed by atoms with van der Waals surface area (Å²) in [6.45, 7) is 1.34. The van der Waals surface area contributed by atoms with E-state index < -0.39 is 11.7 Å². The molecule has 1 saturated heterocycles. The number of alkyl halides is 3. The van der Waals surface area contributed by atoms with Gasteiger partial charge in [-0.1, -0.05) is 11.6 Å². The highest BCUT2D eigenvalue weighted by molar-refractivity contribution is 6.33. The van der Waals surface area contributed by atoms with E-state index in [1.54, 1.807) is 4.90 Å². The van der Waals surface area contributed by atoms with Crippen LogP contribution in [0.2, 0.25) is 5.02 Å². The summed E-state index contributed by atoms with van der Waals surface area (Å²) in [6.07, 6.45) is -0.125. The van der Waals surface area contributed by atoms with Gasteiger partial charge in [0.15, 0.2) is 0 Å². The monoisotopic (exact) mass is 384 g/mol. The Morgan fingerprint density at radius 3 is 2.58 bits per heavy atom. The third-order valence-corrected chi connectivity index (χ3v) is 4.39. The molecule has 9 heteroatoms. The number of hydrogen-bond donors (Lipinski definition) is 1. The predicted molar refractivity (Wildman–Crippen MR) is 91.5 cm³/mol. The van der Waals surface area contributed by atoms with Crippen molar-refractivity contribution in [1.29, 1.82) is 0 Å². The maximum atomic E-state index is 12.9. The average molecular weight is 385 g/mol. The lowest BCUT2D eigenvalue weighted by Gasteiger charge is -2.26. The van der Waals surface area contributed by atoms with E-state index >= 15 is 0 Å². The van der Waals surface area contributed by atoms with E-state index in [1.165, 1.54) is 12.3 Å². The van der Waals surface area contributed by atoms with Gasteiger partial charge in [-0.2, -0.15) is 13.2 Å². The fourth-order valence-electron chi connectivity index (χ4n) is 2.71. The van der Waals surface area contributed by atoms with Gasteiger partial charge in [0.2, 0.25) is 5.95 Å². The molecule has 0 aliphatic carbocycles. The Morgan fingerprint density at radius 1 is 1.15 bits per heavy atom. The van der Waals surface area contributed by atoms with Crippen molar-refractivity contribution in [2.24, 2.45) is 0 Å². The molecule has 1 N–H and O–H groups in total. The van der Waals surface area contributed by atoms with Crippen LogP contribution in [0.3, 0.4) is 0 Å². The molecular formula is C17H16ClF3N4O. The van der Waals surface area contributed by atoms with Crippen LogP contribution in [0.25, 0.3) is 0 Å². The fraction of sp³-hybridized carbons (Fsp3) is 0.353. The number of carbonyl (C=O) groups excluding carboxylic acids is 1. The minimum absolute atomic E-state index is 0.00841. The number of anilines is 2. The molecule has 0 unspecified atom stereocenters. The zero-order valence-electron chi connectivity index (χ0n) is 13.7. The number of nitrogens with one attached hydrogen (secondary N) is 1. The normalized spacial score (nSPS) is 15.0. The number of carbonyl (C=O) groups is 1. The van der Waals surface area contributed by atoms with Crippen molar-refractivity contribution in [2.75, 3.05) is 18.4 Å². The number of likely N-dealkylation sites (tertiary alicyclic amines) is 1. The zero-order chi connectivity index (χ0) is 18.7. The highest BCUT2D eigenvalue weighted by Gasteiger charge is 2.31. The SMILES string of the molecule is O=C(c1ccnc(Nc2cc(C(F)(F)F)ccc2Cl)n1)N1CCCCC1. The molecule has 1 amide bonds. The van der Waals surface area contributed by atoms with Crippen molar-refractivity contribution < 1.29 is 18.0 Å². The summed E-state index contributed by atoms with van der Waals surface area (Å²) < 4.78 is 38.6. The number of piperidine rings is 1. The molecule has 0 radical (unpaired) electrons. The Hall–Kier alpha value is -2.35. The Balaban J connectivity index is 1.82. The van der Waals surface area contributed by atoms with Crippen LogP contribution in [-0.2, 0) is 6.18 Å². The van der Waals surface area contributed by atoms with E-state index in [2.05, 4.69) is 15.3 Å². The minimum Gasteiger partial charge on any atom is -0.337 e. The van der Waals surface area contributed by atoms with Crippen LogP contribution in [0.5, 0.6) is 0 Å². The predicted octanol–water partition coefficient (Wildman–Crippen LogP) is 4.52. The van der Waals surface area contributed by atoms with E-state index in [4.69, 9.17) is 11.6 Å². The summed E-state index contributed by atoms with van der Waals surface area (Å²) in [4.78, 5) is 22.3. The Bertz CT molecular complexity index is 807. The third kappa shape index (κ3) is 4.24. The highest BCUT2D eigenvalue weighted by atomic mass is 35.5. The summed E-state index contributed by atoms with van der Waals surface area (Å²) in [5, 5.41) is 2.75. The molecule has 0 saturated carbocycles. The molecule has 26 heavy (non-hydrogen) atoms. The Morgan fingerprint density at radius 2 is 1.88 bits per heavy atom. The summed E-state index contributed by atoms with van der Waals surface area (Å²) in [5.74, 6) is -0.209. The molecule has 1 aliphatic rings. The Kier molecular flexibility index (Phi) is 5.31. The number of halogens is 4. The van der Waals surface area contributed by atoms with Crippen molar-refractivity contribution in [3.05, 3.63) is 46.7 Å². The van der Waals surface area contributed by atoms with E-state index in [0.717, 1.165) is 37.5 Å². The first-order valence-corrected chi connectivity index (χ1v) is 8.48. The number of benzene rings is 1. The van der Waals surface area contributed by atoms with Crippen LogP contribution < -0.4 is 5.32 Å². The van der Waals surface area contributed by atoms with E-state index in [-0.39, 0.29) is 28.3 Å². The molecule has 3 rings (SSSR count). The van der Waals surface area contributed by atoms with Gasteiger partial charge in [-0.3, -0.25) is 4.79 Å². The highest BCUT2D eigenvalue weighted by Crippen LogP contribution is 2.34. The summed E-state index contributed by atoms with van der Waals surface area (Å²) in [6, 6.07) is 4.40. The molecule has 1 aliphatic heterocycles. The second kappa shape index (κ2) is 7.49. The lowest BCUT2D eigenvalue weighted by atomic mass is 10.1. The number of rotatable bonds is 3. The first-order valence-electron chi connectivity index (χ1n) is 8.11. The molecule has 1 aromatic carbocycles. The van der Waals surface area contributed by atoms with E-state index in [9.17, 15) is 18.0 Å². The van der Waals surface area contributed by atoms with Crippen LogP contribution in [0.1, 0.15) is 35.3 Å². The van der Waals surface area contributed by atoms with Crippen LogP contribution in [0.15, 0.2) is 30.5 Å². The maximum absolute atomic E-state index is 12.9. The molecule has 0 spiro atoms. The van der Waals surface area contributed by atoms with Crippen LogP contribution in [0.4, 0.5) is 24.8 Å². The topological polar surface area (TPSA) is 58.1 Å². The molecule has 2 aromatic rings. The molecule has 0 atom stereocenters. The fourth-order valence-corrected chi connectivity index (χ4v) is 2.88. The molecule has 1 aromatic heterocycles. The van der Waals surface area contributed by atoms with E-state index in [1.807, 2.05) is 0 Å². The minimum atomic E-state index is -4.49. The third-order valence-electron chi connectivity index (χ3n) is 4.06.